The minimum Gasteiger partial charge on any atom is -0.383 e. The first-order chi connectivity index (χ1) is 6.68. The highest BCUT2D eigenvalue weighted by Crippen LogP contribution is 2.30. The first-order valence-electron chi connectivity index (χ1n) is 4.32. The van der Waals surface area contributed by atoms with Crippen LogP contribution in [0.5, 0.6) is 0 Å². The van der Waals surface area contributed by atoms with Gasteiger partial charge in [0.05, 0.1) is 15.6 Å². The Hall–Kier alpha value is -0.710. The van der Waals surface area contributed by atoms with Crippen LogP contribution in [-0.2, 0) is 0 Å². The van der Waals surface area contributed by atoms with E-state index in [1.807, 2.05) is 30.7 Å². The molecule has 0 aliphatic rings. The molecule has 4 heteroatoms. The molecule has 2 rings (SSSR count). The van der Waals surface area contributed by atoms with E-state index in [4.69, 9.17) is 0 Å². The van der Waals surface area contributed by atoms with E-state index in [1.165, 1.54) is 0 Å². The summed E-state index contributed by atoms with van der Waals surface area (Å²) in [6.45, 7) is 3.90. The van der Waals surface area contributed by atoms with Crippen molar-refractivity contribution in [1.82, 2.24) is 4.98 Å². The summed E-state index contributed by atoms with van der Waals surface area (Å²) in [7, 11) is 0. The molecule has 2 heterocycles. The van der Waals surface area contributed by atoms with Gasteiger partial charge in [0.25, 0.3) is 0 Å². The molecule has 1 unspecified atom stereocenters. The first kappa shape index (κ1) is 9.83. The molecule has 2 aromatic rings. The van der Waals surface area contributed by atoms with Gasteiger partial charge in [-0.1, -0.05) is 0 Å². The molecule has 1 atom stereocenters. The molecule has 2 nitrogen and oxygen atoms in total. The molecule has 0 radical (unpaired) electrons. The van der Waals surface area contributed by atoms with Crippen molar-refractivity contribution in [2.24, 2.45) is 0 Å². The lowest BCUT2D eigenvalue weighted by Gasteiger charge is -2.06. The van der Waals surface area contributed by atoms with Crippen LogP contribution in [0.4, 0.5) is 0 Å². The van der Waals surface area contributed by atoms with E-state index < -0.39 is 6.10 Å². The molecule has 0 aliphatic carbocycles. The minimum atomic E-state index is -0.507. The molecule has 0 spiro atoms. The Kier molecular flexibility index (Phi) is 2.67. The van der Waals surface area contributed by atoms with Gasteiger partial charge in [-0.25, -0.2) is 4.98 Å². The standard InChI is InChI=1S/C10H11NOS2/c1-6-10(14-7(2)11-6)9(12)8-3-4-13-5-8/h3-5,9,12H,1-2H3. The van der Waals surface area contributed by atoms with Crippen LogP contribution in [0.15, 0.2) is 16.8 Å². The molecule has 0 saturated carbocycles. The zero-order valence-electron chi connectivity index (χ0n) is 8.02. The third-order valence-corrected chi connectivity index (χ3v) is 3.87. The smallest absolute Gasteiger partial charge is 0.116 e. The molecule has 0 amide bonds. The van der Waals surface area contributed by atoms with Gasteiger partial charge in [-0.15, -0.1) is 11.3 Å². The van der Waals surface area contributed by atoms with E-state index in [1.54, 1.807) is 22.7 Å². The van der Waals surface area contributed by atoms with Crippen LogP contribution in [-0.4, -0.2) is 10.1 Å². The summed E-state index contributed by atoms with van der Waals surface area (Å²) in [5, 5.41) is 15.0. The van der Waals surface area contributed by atoms with Crippen molar-refractivity contribution in [1.29, 1.82) is 0 Å². The monoisotopic (exact) mass is 225 g/mol. The highest BCUT2D eigenvalue weighted by Gasteiger charge is 2.16. The first-order valence-corrected chi connectivity index (χ1v) is 6.08. The van der Waals surface area contributed by atoms with E-state index >= 15 is 0 Å². The third kappa shape index (κ3) is 1.73. The van der Waals surface area contributed by atoms with Crippen molar-refractivity contribution in [2.45, 2.75) is 20.0 Å². The number of thiazole rings is 1. The summed E-state index contributed by atoms with van der Waals surface area (Å²) < 4.78 is 0. The van der Waals surface area contributed by atoms with Gasteiger partial charge in [0, 0.05) is 0 Å². The maximum atomic E-state index is 10.1. The normalized spacial score (nSPS) is 13.1. The van der Waals surface area contributed by atoms with Crippen molar-refractivity contribution >= 4 is 22.7 Å². The van der Waals surface area contributed by atoms with Crippen molar-refractivity contribution < 1.29 is 5.11 Å². The number of hydrogen-bond donors (Lipinski definition) is 1. The van der Waals surface area contributed by atoms with Gasteiger partial charge in [-0.05, 0) is 36.2 Å². The van der Waals surface area contributed by atoms with Gasteiger partial charge >= 0.3 is 0 Å². The maximum absolute atomic E-state index is 10.1. The molecular weight excluding hydrogens is 214 g/mol. The van der Waals surface area contributed by atoms with Gasteiger partial charge in [0.1, 0.15) is 6.10 Å². The van der Waals surface area contributed by atoms with Gasteiger partial charge in [0.15, 0.2) is 0 Å². The lowest BCUT2D eigenvalue weighted by Crippen LogP contribution is -1.96. The fourth-order valence-electron chi connectivity index (χ4n) is 1.38. The predicted molar refractivity (Wildman–Crippen MR) is 60.0 cm³/mol. The Bertz CT molecular complexity index is 419. The quantitative estimate of drug-likeness (QED) is 0.852. The van der Waals surface area contributed by atoms with Crippen molar-refractivity contribution in [2.75, 3.05) is 0 Å². The van der Waals surface area contributed by atoms with Gasteiger partial charge < -0.3 is 5.11 Å². The Morgan fingerprint density at radius 3 is 2.71 bits per heavy atom. The number of hydrogen-bond acceptors (Lipinski definition) is 4. The third-order valence-electron chi connectivity index (χ3n) is 2.05. The second-order valence-corrected chi connectivity index (χ2v) is 5.16. The number of aromatic nitrogens is 1. The van der Waals surface area contributed by atoms with Crippen LogP contribution in [0.2, 0.25) is 0 Å². The molecular formula is C10H11NOS2. The second kappa shape index (κ2) is 3.81. The van der Waals surface area contributed by atoms with E-state index in [0.29, 0.717) is 0 Å². The van der Waals surface area contributed by atoms with Crippen molar-refractivity contribution in [3.63, 3.8) is 0 Å². The Morgan fingerprint density at radius 1 is 1.43 bits per heavy atom. The minimum absolute atomic E-state index is 0.507. The number of aliphatic hydroxyl groups excluding tert-OH is 1. The molecule has 14 heavy (non-hydrogen) atoms. The Balaban J connectivity index is 2.36. The highest BCUT2D eigenvalue weighted by molar-refractivity contribution is 7.11. The number of thiophene rings is 1. The zero-order valence-corrected chi connectivity index (χ0v) is 9.65. The molecule has 1 N–H and O–H groups in total. The largest absolute Gasteiger partial charge is 0.383 e. The average Bonchev–Trinajstić information content (AvgIpc) is 2.73. The molecule has 2 aromatic heterocycles. The van der Waals surface area contributed by atoms with E-state index in [-0.39, 0.29) is 0 Å². The number of nitrogens with zero attached hydrogens (tertiary/aromatic N) is 1. The summed E-state index contributed by atoms with van der Waals surface area (Å²) in [5.41, 5.74) is 1.90. The second-order valence-electron chi connectivity index (χ2n) is 3.14. The van der Waals surface area contributed by atoms with Crippen LogP contribution in [0.3, 0.4) is 0 Å². The summed E-state index contributed by atoms with van der Waals surface area (Å²) in [4.78, 5) is 5.26. The van der Waals surface area contributed by atoms with Crippen LogP contribution >= 0.6 is 22.7 Å². The van der Waals surface area contributed by atoms with Gasteiger partial charge in [-0.3, -0.25) is 0 Å². The summed E-state index contributed by atoms with van der Waals surface area (Å²) in [5.74, 6) is 0. The van der Waals surface area contributed by atoms with Crippen LogP contribution in [0, 0.1) is 13.8 Å². The fourth-order valence-corrected chi connectivity index (χ4v) is 3.00. The van der Waals surface area contributed by atoms with Crippen molar-refractivity contribution in [3.05, 3.63) is 38.0 Å². The van der Waals surface area contributed by atoms with E-state index in [0.717, 1.165) is 21.1 Å². The van der Waals surface area contributed by atoms with Gasteiger partial charge in [0.2, 0.25) is 0 Å². The SMILES string of the molecule is Cc1nc(C)c(C(O)c2ccsc2)s1. The van der Waals surface area contributed by atoms with Crippen molar-refractivity contribution in [3.8, 4) is 0 Å². The maximum Gasteiger partial charge on any atom is 0.116 e. The summed E-state index contributed by atoms with van der Waals surface area (Å²) >= 11 is 3.16. The molecule has 0 saturated heterocycles. The van der Waals surface area contributed by atoms with E-state index in [9.17, 15) is 5.11 Å². The van der Waals surface area contributed by atoms with Gasteiger partial charge in [-0.2, -0.15) is 11.3 Å². The summed E-state index contributed by atoms with van der Waals surface area (Å²) in [6.07, 6.45) is -0.507. The fraction of sp³-hybridized carbons (Fsp3) is 0.300. The molecule has 0 bridgehead atoms. The summed E-state index contributed by atoms with van der Waals surface area (Å²) in [6, 6.07) is 1.95. The van der Waals surface area contributed by atoms with Crippen LogP contribution in [0.25, 0.3) is 0 Å². The Morgan fingerprint density at radius 2 is 2.21 bits per heavy atom. The zero-order chi connectivity index (χ0) is 10.1. The van der Waals surface area contributed by atoms with Crippen LogP contribution < -0.4 is 0 Å². The number of rotatable bonds is 2. The topological polar surface area (TPSA) is 33.1 Å². The molecule has 0 aliphatic heterocycles. The molecule has 0 fully saturated rings. The van der Waals surface area contributed by atoms with Crippen LogP contribution in [0.1, 0.15) is 27.2 Å². The lowest BCUT2D eigenvalue weighted by atomic mass is 10.1. The Labute approximate surface area is 90.9 Å². The number of aliphatic hydroxyl groups is 1. The molecule has 0 aromatic carbocycles. The predicted octanol–water partition coefficient (Wildman–Crippen LogP) is 2.90. The lowest BCUT2D eigenvalue weighted by molar-refractivity contribution is 0.223. The van der Waals surface area contributed by atoms with E-state index in [2.05, 4.69) is 4.98 Å². The number of aryl methyl sites for hydroxylation is 2. The highest BCUT2D eigenvalue weighted by atomic mass is 32.1. The molecule has 74 valence electrons. The average molecular weight is 225 g/mol.